The average molecular weight is 395 g/mol. The van der Waals surface area contributed by atoms with Crippen LogP contribution in [0.2, 0.25) is 0 Å². The summed E-state index contributed by atoms with van der Waals surface area (Å²) in [4.78, 5) is 22.9. The molecule has 5 heteroatoms. The van der Waals surface area contributed by atoms with Crippen LogP contribution in [0.4, 0.5) is 0 Å². The molecule has 0 aromatic heterocycles. The maximum Gasteiger partial charge on any atom is 0.311 e. The van der Waals surface area contributed by atoms with Gasteiger partial charge in [-0.05, 0) is 87.9 Å². The minimum atomic E-state index is -0.387. The molecular formula is C23H38O5. The predicted molar refractivity (Wildman–Crippen MR) is 106 cm³/mol. The van der Waals surface area contributed by atoms with Gasteiger partial charge in [-0.25, -0.2) is 0 Å². The summed E-state index contributed by atoms with van der Waals surface area (Å²) >= 11 is 0. The minimum absolute atomic E-state index is 0.0136. The van der Waals surface area contributed by atoms with Gasteiger partial charge in [-0.3, -0.25) is 9.59 Å². The van der Waals surface area contributed by atoms with Crippen LogP contribution in [-0.4, -0.2) is 31.9 Å². The zero-order valence-electron chi connectivity index (χ0n) is 18.2. The number of methoxy groups -OCH3 is 1. The Bertz CT molecular complexity index is 561. The molecule has 4 fully saturated rings. The van der Waals surface area contributed by atoms with Crippen LogP contribution in [-0.2, 0) is 23.8 Å². The molecule has 0 heterocycles. The van der Waals surface area contributed by atoms with Crippen molar-refractivity contribution in [2.45, 2.75) is 72.5 Å². The first-order chi connectivity index (χ1) is 13.4. The van der Waals surface area contributed by atoms with E-state index in [-0.39, 0.29) is 30.1 Å². The van der Waals surface area contributed by atoms with Gasteiger partial charge in [0, 0.05) is 6.61 Å². The zero-order chi connectivity index (χ0) is 20.4. The number of hydrogen-bond acceptors (Lipinski definition) is 5. The fourth-order valence-corrected chi connectivity index (χ4v) is 6.72. The van der Waals surface area contributed by atoms with E-state index in [4.69, 9.17) is 9.47 Å². The van der Waals surface area contributed by atoms with E-state index < -0.39 is 0 Å². The van der Waals surface area contributed by atoms with Crippen molar-refractivity contribution >= 4 is 11.9 Å². The molecule has 4 aliphatic carbocycles. The van der Waals surface area contributed by atoms with E-state index in [1.54, 1.807) is 0 Å². The molecule has 0 amide bonds. The summed E-state index contributed by atoms with van der Waals surface area (Å²) in [6.45, 7) is 8.17. The standard InChI is InChI=1S/C17H26O3.C6H12O2/c1-3-19-9(2)20-17(18)14-8-12-7-13(14)16-11-5-4-10(6-11)15(12)16;1-4-5(2)6(7)8-3/h9-16H,3-8H2,1-2H3;5H,4H2,1-3H3. The largest absolute Gasteiger partial charge is 0.469 e. The molecule has 4 saturated carbocycles. The van der Waals surface area contributed by atoms with Crippen molar-refractivity contribution in [3.8, 4) is 0 Å². The summed E-state index contributed by atoms with van der Waals surface area (Å²) in [5.74, 6) is 5.32. The highest BCUT2D eigenvalue weighted by Crippen LogP contribution is 2.68. The fourth-order valence-electron chi connectivity index (χ4n) is 6.72. The number of hydrogen-bond donors (Lipinski definition) is 0. The molecule has 4 rings (SSSR count). The van der Waals surface area contributed by atoms with Crippen molar-refractivity contribution in [1.82, 2.24) is 0 Å². The van der Waals surface area contributed by atoms with Gasteiger partial charge >= 0.3 is 11.9 Å². The maximum atomic E-state index is 12.4. The third-order valence-electron chi connectivity index (χ3n) is 7.94. The summed E-state index contributed by atoms with van der Waals surface area (Å²) in [6, 6.07) is 0. The molecule has 4 bridgehead atoms. The topological polar surface area (TPSA) is 61.8 Å². The first-order valence-electron chi connectivity index (χ1n) is 11.3. The molecule has 0 aromatic rings. The Balaban J connectivity index is 0.000000242. The van der Waals surface area contributed by atoms with Crippen molar-refractivity contribution in [2.75, 3.05) is 13.7 Å². The van der Waals surface area contributed by atoms with Crippen LogP contribution in [0, 0.1) is 47.3 Å². The second-order valence-electron chi connectivity index (χ2n) is 9.28. The predicted octanol–water partition coefficient (Wildman–Crippen LogP) is 4.44. The average Bonchev–Trinajstić information content (AvgIpc) is 3.46. The lowest BCUT2D eigenvalue weighted by atomic mass is 9.67. The Hall–Kier alpha value is -1.10. The Morgan fingerprint density at radius 3 is 2.21 bits per heavy atom. The molecule has 0 spiro atoms. The van der Waals surface area contributed by atoms with Gasteiger partial charge in [-0.2, -0.15) is 0 Å². The van der Waals surface area contributed by atoms with Gasteiger partial charge in [0.1, 0.15) is 0 Å². The third-order valence-corrected chi connectivity index (χ3v) is 7.94. The molecule has 0 N–H and O–H groups in total. The number of ether oxygens (including phenoxy) is 3. The summed E-state index contributed by atoms with van der Waals surface area (Å²) in [5, 5.41) is 0. The highest BCUT2D eigenvalue weighted by atomic mass is 16.7. The number of fused-ring (bicyclic) bond motifs is 9. The summed E-state index contributed by atoms with van der Waals surface area (Å²) in [6.07, 6.45) is 7.20. The van der Waals surface area contributed by atoms with Gasteiger partial charge in [0.05, 0.1) is 18.9 Å². The van der Waals surface area contributed by atoms with E-state index in [2.05, 4.69) is 4.74 Å². The van der Waals surface area contributed by atoms with Gasteiger partial charge in [0.2, 0.25) is 0 Å². The molecular weight excluding hydrogens is 356 g/mol. The molecule has 0 aromatic carbocycles. The lowest BCUT2D eigenvalue weighted by molar-refractivity contribution is -0.181. The van der Waals surface area contributed by atoms with Crippen LogP contribution in [0.3, 0.4) is 0 Å². The van der Waals surface area contributed by atoms with Crippen molar-refractivity contribution in [2.24, 2.45) is 47.3 Å². The van der Waals surface area contributed by atoms with E-state index in [9.17, 15) is 9.59 Å². The molecule has 0 aliphatic heterocycles. The van der Waals surface area contributed by atoms with E-state index in [1.807, 2.05) is 27.7 Å². The second-order valence-corrected chi connectivity index (χ2v) is 9.28. The quantitative estimate of drug-likeness (QED) is 0.379. The first-order valence-corrected chi connectivity index (χ1v) is 11.3. The number of carbonyl (C=O) groups is 2. The van der Waals surface area contributed by atoms with E-state index in [1.165, 1.54) is 32.8 Å². The van der Waals surface area contributed by atoms with Gasteiger partial charge < -0.3 is 14.2 Å². The summed E-state index contributed by atoms with van der Waals surface area (Å²) in [5.41, 5.74) is 0. The number of rotatable bonds is 6. The lowest BCUT2D eigenvalue weighted by Crippen LogP contribution is -2.37. The third kappa shape index (κ3) is 4.10. The number of carbonyl (C=O) groups excluding carboxylic acids is 2. The SMILES string of the molecule is CCC(C)C(=O)OC.CCOC(C)OC(=O)C1CC2CC1C1C3CCC(C3)C21. The van der Waals surface area contributed by atoms with E-state index >= 15 is 0 Å². The molecule has 4 aliphatic rings. The van der Waals surface area contributed by atoms with Crippen molar-refractivity contribution < 1.29 is 23.8 Å². The molecule has 28 heavy (non-hydrogen) atoms. The van der Waals surface area contributed by atoms with E-state index in [0.29, 0.717) is 12.5 Å². The van der Waals surface area contributed by atoms with E-state index in [0.717, 1.165) is 42.4 Å². The molecule has 0 saturated heterocycles. The summed E-state index contributed by atoms with van der Waals surface area (Å²) < 4.78 is 15.3. The molecule has 160 valence electrons. The Morgan fingerprint density at radius 2 is 1.64 bits per heavy atom. The minimum Gasteiger partial charge on any atom is -0.469 e. The Morgan fingerprint density at radius 1 is 0.964 bits per heavy atom. The highest BCUT2D eigenvalue weighted by Gasteiger charge is 2.63. The Kier molecular flexibility index (Phi) is 7.06. The molecule has 9 unspecified atom stereocenters. The van der Waals surface area contributed by atoms with Gasteiger partial charge in [0.25, 0.3) is 0 Å². The molecule has 0 radical (unpaired) electrons. The van der Waals surface area contributed by atoms with Crippen molar-refractivity contribution in [3.63, 3.8) is 0 Å². The maximum absolute atomic E-state index is 12.4. The first kappa shape index (κ1) is 21.6. The van der Waals surface area contributed by atoms with Crippen LogP contribution in [0.25, 0.3) is 0 Å². The van der Waals surface area contributed by atoms with Crippen LogP contribution in [0.5, 0.6) is 0 Å². The van der Waals surface area contributed by atoms with Crippen LogP contribution in [0.15, 0.2) is 0 Å². The van der Waals surface area contributed by atoms with Gasteiger partial charge in [-0.15, -0.1) is 0 Å². The highest BCUT2D eigenvalue weighted by molar-refractivity contribution is 5.73. The second kappa shape index (κ2) is 9.15. The van der Waals surface area contributed by atoms with Crippen molar-refractivity contribution in [3.05, 3.63) is 0 Å². The lowest BCUT2D eigenvalue weighted by Gasteiger charge is -2.37. The van der Waals surface area contributed by atoms with Crippen molar-refractivity contribution in [1.29, 1.82) is 0 Å². The normalized spacial score (nSPS) is 39.0. The van der Waals surface area contributed by atoms with Gasteiger partial charge in [-0.1, -0.05) is 13.8 Å². The molecule has 5 nitrogen and oxygen atoms in total. The summed E-state index contributed by atoms with van der Waals surface area (Å²) in [7, 11) is 1.41. The molecule has 9 atom stereocenters. The smallest absolute Gasteiger partial charge is 0.311 e. The zero-order valence-corrected chi connectivity index (χ0v) is 18.2. The Labute approximate surface area is 169 Å². The van der Waals surface area contributed by atoms with Crippen LogP contribution < -0.4 is 0 Å². The monoisotopic (exact) mass is 394 g/mol. The van der Waals surface area contributed by atoms with Gasteiger partial charge in [0.15, 0.2) is 6.29 Å². The number of esters is 2. The fraction of sp³-hybridized carbons (Fsp3) is 0.913. The van der Waals surface area contributed by atoms with Crippen LogP contribution >= 0.6 is 0 Å². The van der Waals surface area contributed by atoms with Crippen LogP contribution in [0.1, 0.15) is 66.2 Å².